The number of aromatic amines is 1. The van der Waals surface area contributed by atoms with Crippen LogP contribution < -0.4 is 0 Å². The molecule has 0 atom stereocenters. The highest BCUT2D eigenvalue weighted by Gasteiger charge is 2.13. The monoisotopic (exact) mass is 230 g/mol. The van der Waals surface area contributed by atoms with Gasteiger partial charge in [0.1, 0.15) is 11.3 Å². The van der Waals surface area contributed by atoms with Crippen LogP contribution in [0, 0.1) is 6.92 Å². The van der Waals surface area contributed by atoms with Crippen molar-refractivity contribution in [1.82, 2.24) is 29.5 Å². The van der Waals surface area contributed by atoms with E-state index in [2.05, 4.69) is 34.0 Å². The normalized spacial score (nSPS) is 11.5. The third kappa shape index (κ3) is 1.37. The van der Waals surface area contributed by atoms with Gasteiger partial charge in [-0.15, -0.1) is 0 Å². The maximum Gasteiger partial charge on any atom is 0.176 e. The van der Waals surface area contributed by atoms with Crippen molar-refractivity contribution in [1.29, 1.82) is 0 Å². The average molecular weight is 230 g/mol. The summed E-state index contributed by atoms with van der Waals surface area (Å²) >= 11 is 0. The number of fused-ring (bicyclic) bond motifs is 1. The van der Waals surface area contributed by atoms with E-state index >= 15 is 0 Å². The summed E-state index contributed by atoms with van der Waals surface area (Å²) in [6.45, 7) is 5.00. The number of hydrogen-bond donors (Lipinski definition) is 1. The predicted octanol–water partition coefficient (Wildman–Crippen LogP) is 1.49. The first-order chi connectivity index (χ1) is 8.20. The van der Waals surface area contributed by atoms with Crippen molar-refractivity contribution in [2.24, 2.45) is 7.05 Å². The zero-order chi connectivity index (χ0) is 12.0. The molecule has 0 radical (unpaired) electrons. The molecule has 0 unspecified atom stereocenters. The first kappa shape index (κ1) is 10.1. The molecule has 0 aromatic carbocycles. The van der Waals surface area contributed by atoms with Gasteiger partial charge in [0, 0.05) is 19.3 Å². The summed E-state index contributed by atoms with van der Waals surface area (Å²) in [5, 5.41) is 8.46. The molecule has 6 heteroatoms. The molecule has 88 valence electrons. The van der Waals surface area contributed by atoms with Crippen LogP contribution in [0.3, 0.4) is 0 Å². The van der Waals surface area contributed by atoms with E-state index < -0.39 is 0 Å². The largest absolute Gasteiger partial charge is 0.335 e. The number of nitrogens with zero attached hydrogens (tertiary/aromatic N) is 5. The Morgan fingerprint density at radius 1 is 1.29 bits per heavy atom. The highest BCUT2D eigenvalue weighted by molar-refractivity contribution is 5.76. The summed E-state index contributed by atoms with van der Waals surface area (Å²) in [6.07, 6.45) is 3.63. The van der Waals surface area contributed by atoms with Crippen LogP contribution in [0.1, 0.15) is 12.6 Å². The van der Waals surface area contributed by atoms with Crippen LogP contribution in [0.25, 0.3) is 22.6 Å². The fourth-order valence-electron chi connectivity index (χ4n) is 2.04. The minimum Gasteiger partial charge on any atom is -0.335 e. The van der Waals surface area contributed by atoms with Gasteiger partial charge in [0.2, 0.25) is 0 Å². The van der Waals surface area contributed by atoms with E-state index in [-0.39, 0.29) is 0 Å². The van der Waals surface area contributed by atoms with Gasteiger partial charge >= 0.3 is 0 Å². The Balaban J connectivity index is 2.16. The van der Waals surface area contributed by atoms with Crippen LogP contribution in [-0.4, -0.2) is 29.5 Å². The number of rotatable bonds is 2. The van der Waals surface area contributed by atoms with Gasteiger partial charge in [-0.3, -0.25) is 4.68 Å². The molecule has 17 heavy (non-hydrogen) atoms. The van der Waals surface area contributed by atoms with E-state index in [1.54, 1.807) is 10.9 Å². The van der Waals surface area contributed by atoms with Crippen molar-refractivity contribution in [3.8, 4) is 11.4 Å². The summed E-state index contributed by atoms with van der Waals surface area (Å²) in [4.78, 5) is 7.81. The van der Waals surface area contributed by atoms with Crippen LogP contribution in [0.15, 0.2) is 12.4 Å². The molecule has 0 spiro atoms. The molecule has 0 saturated heterocycles. The molecule has 3 aromatic heterocycles. The number of aromatic nitrogens is 6. The Morgan fingerprint density at radius 3 is 2.76 bits per heavy atom. The van der Waals surface area contributed by atoms with Crippen LogP contribution in [0.2, 0.25) is 0 Å². The number of imidazole rings is 1. The number of nitrogens with one attached hydrogen (secondary N) is 1. The molecule has 0 saturated carbocycles. The van der Waals surface area contributed by atoms with E-state index in [9.17, 15) is 0 Å². The molecule has 1 N–H and O–H groups in total. The second-order valence-corrected chi connectivity index (χ2v) is 4.05. The lowest BCUT2D eigenvalue weighted by Gasteiger charge is -1.99. The van der Waals surface area contributed by atoms with Gasteiger partial charge in [-0.2, -0.15) is 10.2 Å². The first-order valence-electron chi connectivity index (χ1n) is 5.61. The Kier molecular flexibility index (Phi) is 2.04. The van der Waals surface area contributed by atoms with Crippen molar-refractivity contribution >= 4 is 11.2 Å². The first-order valence-corrected chi connectivity index (χ1v) is 5.61. The molecule has 3 rings (SSSR count). The van der Waals surface area contributed by atoms with Gasteiger partial charge in [0.05, 0.1) is 18.0 Å². The number of H-pyrrole nitrogens is 1. The molecule has 6 nitrogen and oxygen atoms in total. The van der Waals surface area contributed by atoms with E-state index in [1.807, 2.05) is 17.9 Å². The molecule has 0 amide bonds. The van der Waals surface area contributed by atoms with E-state index in [4.69, 9.17) is 0 Å². The minimum atomic E-state index is 0.852. The molecule has 3 heterocycles. The molecule has 3 aromatic rings. The van der Waals surface area contributed by atoms with Gasteiger partial charge in [0.25, 0.3) is 0 Å². The third-order valence-corrected chi connectivity index (χ3v) is 3.04. The highest BCUT2D eigenvalue weighted by Crippen LogP contribution is 2.22. The van der Waals surface area contributed by atoms with E-state index in [1.165, 1.54) is 0 Å². The van der Waals surface area contributed by atoms with Crippen LogP contribution in [-0.2, 0) is 13.6 Å². The van der Waals surface area contributed by atoms with Crippen molar-refractivity contribution < 1.29 is 0 Å². The maximum atomic E-state index is 4.54. The number of hydrogen-bond acceptors (Lipinski definition) is 3. The minimum absolute atomic E-state index is 0.852. The summed E-state index contributed by atoms with van der Waals surface area (Å²) in [7, 11) is 1.88. The Labute approximate surface area is 98.3 Å². The molecular weight excluding hydrogens is 216 g/mol. The lowest BCUT2D eigenvalue weighted by atomic mass is 10.2. The number of aryl methyl sites for hydroxylation is 2. The van der Waals surface area contributed by atoms with E-state index in [0.717, 1.165) is 34.8 Å². The van der Waals surface area contributed by atoms with Gasteiger partial charge < -0.3 is 4.98 Å². The Morgan fingerprint density at radius 2 is 2.12 bits per heavy atom. The summed E-state index contributed by atoms with van der Waals surface area (Å²) < 4.78 is 3.72. The molecule has 0 aliphatic rings. The predicted molar refractivity (Wildman–Crippen MR) is 64.5 cm³/mol. The van der Waals surface area contributed by atoms with Crippen molar-refractivity contribution in [3.05, 3.63) is 18.1 Å². The van der Waals surface area contributed by atoms with Gasteiger partial charge in [0.15, 0.2) is 5.65 Å². The van der Waals surface area contributed by atoms with E-state index in [0.29, 0.717) is 0 Å². The third-order valence-electron chi connectivity index (χ3n) is 3.04. The summed E-state index contributed by atoms with van der Waals surface area (Å²) in [6, 6.07) is 0. The molecule has 0 aliphatic carbocycles. The summed E-state index contributed by atoms with van der Waals surface area (Å²) in [5.41, 5.74) is 3.98. The lowest BCUT2D eigenvalue weighted by molar-refractivity contribution is 0.640. The second-order valence-electron chi connectivity index (χ2n) is 4.05. The SMILES string of the molecule is CCn1ncc(-c2nc3c(cnn3C)[nH]2)c1C. The molecular formula is C11H14N6. The van der Waals surface area contributed by atoms with Gasteiger partial charge in [-0.05, 0) is 13.8 Å². The second kappa shape index (κ2) is 3.44. The van der Waals surface area contributed by atoms with Crippen molar-refractivity contribution in [2.45, 2.75) is 20.4 Å². The van der Waals surface area contributed by atoms with Gasteiger partial charge in [-0.25, -0.2) is 9.67 Å². The fourth-order valence-corrected chi connectivity index (χ4v) is 2.04. The topological polar surface area (TPSA) is 64.3 Å². The quantitative estimate of drug-likeness (QED) is 0.725. The molecule has 0 fully saturated rings. The molecule has 0 aliphatic heterocycles. The smallest absolute Gasteiger partial charge is 0.176 e. The summed E-state index contributed by atoms with van der Waals surface area (Å²) in [5.74, 6) is 0.852. The average Bonchev–Trinajstić information content (AvgIpc) is 2.95. The maximum absolute atomic E-state index is 4.54. The Bertz CT molecular complexity index is 671. The van der Waals surface area contributed by atoms with Crippen molar-refractivity contribution in [2.75, 3.05) is 0 Å². The Hall–Kier alpha value is -2.11. The van der Waals surface area contributed by atoms with Gasteiger partial charge in [-0.1, -0.05) is 0 Å². The zero-order valence-electron chi connectivity index (χ0n) is 10.1. The molecule has 0 bridgehead atoms. The lowest BCUT2D eigenvalue weighted by Crippen LogP contribution is -1.98. The zero-order valence-corrected chi connectivity index (χ0v) is 10.1. The standard InChI is InChI=1S/C11H14N6/c1-4-17-7(2)8(5-13-17)10-14-9-6-12-16(3)11(9)15-10/h5-6H,4H2,1-3H3,(H,14,15). The van der Waals surface area contributed by atoms with Crippen LogP contribution >= 0.6 is 0 Å². The fraction of sp³-hybridized carbons (Fsp3) is 0.364. The van der Waals surface area contributed by atoms with Crippen molar-refractivity contribution in [3.63, 3.8) is 0 Å². The van der Waals surface area contributed by atoms with Crippen LogP contribution in [0.5, 0.6) is 0 Å². The highest BCUT2D eigenvalue weighted by atomic mass is 15.3. The van der Waals surface area contributed by atoms with Crippen LogP contribution in [0.4, 0.5) is 0 Å².